The SMILES string of the molecule is COc1ccc(S(=O)(=O)C2CCN(Cc3ccccc3)C(C(=O)NO)C2)cc1. The lowest BCUT2D eigenvalue weighted by molar-refractivity contribution is -0.136. The van der Waals surface area contributed by atoms with Crippen LogP contribution in [0.5, 0.6) is 5.75 Å². The Bertz CT molecular complexity index is 900. The van der Waals surface area contributed by atoms with Gasteiger partial charge < -0.3 is 4.74 Å². The van der Waals surface area contributed by atoms with Crippen LogP contribution in [0.15, 0.2) is 59.5 Å². The first kappa shape index (κ1) is 20.3. The topological polar surface area (TPSA) is 95.9 Å². The lowest BCUT2D eigenvalue weighted by Gasteiger charge is -2.37. The normalized spacial score (nSPS) is 20.5. The first-order valence-electron chi connectivity index (χ1n) is 9.05. The Balaban J connectivity index is 1.80. The zero-order chi connectivity index (χ0) is 20.1. The molecule has 3 rings (SSSR count). The number of carbonyl (C=O) groups excluding carboxylic acids is 1. The molecule has 1 aliphatic rings. The predicted molar refractivity (Wildman–Crippen MR) is 104 cm³/mol. The number of methoxy groups -OCH3 is 1. The number of rotatable bonds is 6. The number of sulfone groups is 1. The van der Waals surface area contributed by atoms with Crippen LogP contribution in [-0.2, 0) is 21.2 Å². The van der Waals surface area contributed by atoms with Gasteiger partial charge in [-0.2, -0.15) is 0 Å². The van der Waals surface area contributed by atoms with E-state index in [4.69, 9.17) is 9.94 Å². The number of hydrogen-bond acceptors (Lipinski definition) is 6. The second-order valence-electron chi connectivity index (χ2n) is 6.81. The molecule has 2 aromatic rings. The average molecular weight is 404 g/mol. The molecule has 28 heavy (non-hydrogen) atoms. The third kappa shape index (κ3) is 4.35. The fourth-order valence-corrected chi connectivity index (χ4v) is 5.33. The van der Waals surface area contributed by atoms with Gasteiger partial charge in [0.25, 0.3) is 5.91 Å². The van der Waals surface area contributed by atoms with Gasteiger partial charge >= 0.3 is 0 Å². The summed E-state index contributed by atoms with van der Waals surface area (Å²) < 4.78 is 31.2. The number of nitrogens with one attached hydrogen (secondary N) is 1. The van der Waals surface area contributed by atoms with Crippen molar-refractivity contribution >= 4 is 15.7 Å². The van der Waals surface area contributed by atoms with Crippen molar-refractivity contribution in [1.82, 2.24) is 10.4 Å². The molecule has 150 valence electrons. The van der Waals surface area contributed by atoms with Crippen LogP contribution in [0.25, 0.3) is 0 Å². The molecule has 0 radical (unpaired) electrons. The van der Waals surface area contributed by atoms with E-state index in [9.17, 15) is 13.2 Å². The molecule has 1 heterocycles. The average Bonchev–Trinajstić information content (AvgIpc) is 2.74. The monoisotopic (exact) mass is 404 g/mol. The van der Waals surface area contributed by atoms with Crippen molar-refractivity contribution in [3.8, 4) is 5.75 Å². The summed E-state index contributed by atoms with van der Waals surface area (Å²) in [4.78, 5) is 14.4. The fourth-order valence-electron chi connectivity index (χ4n) is 3.58. The molecule has 8 heteroatoms. The van der Waals surface area contributed by atoms with Gasteiger partial charge in [0, 0.05) is 13.1 Å². The van der Waals surface area contributed by atoms with Crippen LogP contribution in [0.2, 0.25) is 0 Å². The molecule has 0 spiro atoms. The number of carbonyl (C=O) groups is 1. The minimum Gasteiger partial charge on any atom is -0.497 e. The van der Waals surface area contributed by atoms with Gasteiger partial charge in [-0.15, -0.1) is 0 Å². The molecule has 2 atom stereocenters. The van der Waals surface area contributed by atoms with Gasteiger partial charge in [-0.3, -0.25) is 14.9 Å². The van der Waals surface area contributed by atoms with Crippen molar-refractivity contribution in [2.24, 2.45) is 0 Å². The highest BCUT2D eigenvalue weighted by Crippen LogP contribution is 2.30. The number of nitrogens with zero attached hydrogens (tertiary/aromatic N) is 1. The van der Waals surface area contributed by atoms with E-state index in [1.54, 1.807) is 17.6 Å². The number of hydrogen-bond donors (Lipinski definition) is 2. The maximum absolute atomic E-state index is 13.1. The molecule has 0 aliphatic carbocycles. The Morgan fingerprint density at radius 2 is 1.86 bits per heavy atom. The van der Waals surface area contributed by atoms with Crippen molar-refractivity contribution in [3.63, 3.8) is 0 Å². The highest BCUT2D eigenvalue weighted by Gasteiger charge is 2.39. The number of piperidine rings is 1. The molecule has 1 aliphatic heterocycles. The molecule has 2 N–H and O–H groups in total. The molecule has 0 aromatic heterocycles. The summed E-state index contributed by atoms with van der Waals surface area (Å²) >= 11 is 0. The Kier molecular flexibility index (Phi) is 6.33. The van der Waals surface area contributed by atoms with Crippen molar-refractivity contribution in [3.05, 3.63) is 60.2 Å². The number of benzene rings is 2. The second kappa shape index (κ2) is 8.72. The molecule has 0 bridgehead atoms. The summed E-state index contributed by atoms with van der Waals surface area (Å²) in [5, 5.41) is 8.45. The quantitative estimate of drug-likeness (QED) is 0.565. The Labute approximate surface area is 164 Å². The second-order valence-corrected chi connectivity index (χ2v) is 9.04. The van der Waals surface area contributed by atoms with Crippen LogP contribution < -0.4 is 10.2 Å². The summed E-state index contributed by atoms with van der Waals surface area (Å²) in [5.74, 6) is -0.0141. The first-order valence-corrected chi connectivity index (χ1v) is 10.6. The number of ether oxygens (including phenoxy) is 1. The Hall–Kier alpha value is -2.42. The smallest absolute Gasteiger partial charge is 0.260 e. The van der Waals surface area contributed by atoms with Gasteiger partial charge in [-0.05, 0) is 42.7 Å². The summed E-state index contributed by atoms with van der Waals surface area (Å²) in [5.41, 5.74) is 2.71. The van der Waals surface area contributed by atoms with Crippen molar-refractivity contribution < 1.29 is 23.2 Å². The molecule has 1 saturated heterocycles. The number of hydroxylamine groups is 1. The van der Waals surface area contributed by atoms with Crippen molar-refractivity contribution in [1.29, 1.82) is 0 Å². The van der Waals surface area contributed by atoms with Crippen LogP contribution >= 0.6 is 0 Å². The molecule has 7 nitrogen and oxygen atoms in total. The predicted octanol–water partition coefficient (Wildman–Crippen LogP) is 2.01. The molecule has 2 aromatic carbocycles. The molecule has 1 amide bonds. The van der Waals surface area contributed by atoms with Crippen molar-refractivity contribution in [2.75, 3.05) is 13.7 Å². The van der Waals surface area contributed by atoms with Crippen LogP contribution in [0.3, 0.4) is 0 Å². The van der Waals surface area contributed by atoms with E-state index in [0.717, 1.165) is 5.56 Å². The lowest BCUT2D eigenvalue weighted by Crippen LogP contribution is -2.52. The molecule has 0 saturated carbocycles. The molecular weight excluding hydrogens is 380 g/mol. The Morgan fingerprint density at radius 1 is 1.18 bits per heavy atom. The van der Waals surface area contributed by atoms with Crippen LogP contribution in [-0.4, -0.2) is 49.4 Å². The van der Waals surface area contributed by atoms with Gasteiger partial charge in [-0.25, -0.2) is 13.9 Å². The maximum atomic E-state index is 13.1. The molecule has 1 fully saturated rings. The highest BCUT2D eigenvalue weighted by atomic mass is 32.2. The standard InChI is InChI=1S/C20H24N2O5S/c1-27-16-7-9-17(10-8-16)28(25,26)18-11-12-22(19(13-18)20(23)21-24)14-15-5-3-2-4-6-15/h2-10,18-19,24H,11-14H2,1H3,(H,21,23). The van der Waals surface area contributed by atoms with E-state index in [1.807, 2.05) is 35.2 Å². The fraction of sp³-hybridized carbons (Fsp3) is 0.350. The number of likely N-dealkylation sites (tertiary alicyclic amines) is 1. The van der Waals surface area contributed by atoms with Gasteiger partial charge in [-0.1, -0.05) is 30.3 Å². The minimum atomic E-state index is -3.60. The van der Waals surface area contributed by atoms with Gasteiger partial charge in [0.15, 0.2) is 9.84 Å². The summed E-state index contributed by atoms with van der Waals surface area (Å²) in [7, 11) is -2.08. The van der Waals surface area contributed by atoms with E-state index >= 15 is 0 Å². The summed E-state index contributed by atoms with van der Waals surface area (Å²) in [6.07, 6.45) is 0.532. The van der Waals surface area contributed by atoms with E-state index in [1.165, 1.54) is 19.2 Å². The largest absolute Gasteiger partial charge is 0.497 e. The van der Waals surface area contributed by atoms with Crippen LogP contribution in [0, 0.1) is 0 Å². The van der Waals surface area contributed by atoms with Crippen LogP contribution in [0.1, 0.15) is 18.4 Å². The minimum absolute atomic E-state index is 0.119. The third-order valence-corrected chi connectivity index (χ3v) is 7.37. The van der Waals surface area contributed by atoms with E-state index in [0.29, 0.717) is 25.3 Å². The zero-order valence-corrected chi connectivity index (χ0v) is 16.4. The highest BCUT2D eigenvalue weighted by molar-refractivity contribution is 7.92. The van der Waals surface area contributed by atoms with Crippen molar-refractivity contribution in [2.45, 2.75) is 35.6 Å². The lowest BCUT2D eigenvalue weighted by atomic mass is 10.00. The van der Waals surface area contributed by atoms with Gasteiger partial charge in [0.2, 0.25) is 0 Å². The molecular formula is C20H24N2O5S. The van der Waals surface area contributed by atoms with E-state index < -0.39 is 27.0 Å². The van der Waals surface area contributed by atoms with Gasteiger partial charge in [0.05, 0.1) is 23.3 Å². The van der Waals surface area contributed by atoms with E-state index in [2.05, 4.69) is 0 Å². The van der Waals surface area contributed by atoms with E-state index in [-0.39, 0.29) is 11.3 Å². The summed E-state index contributed by atoms with van der Waals surface area (Å²) in [6, 6.07) is 15.2. The van der Waals surface area contributed by atoms with Crippen LogP contribution in [0.4, 0.5) is 0 Å². The number of amides is 1. The maximum Gasteiger partial charge on any atom is 0.260 e. The first-order chi connectivity index (χ1) is 13.5. The third-order valence-electron chi connectivity index (χ3n) is 5.13. The summed E-state index contributed by atoms with van der Waals surface area (Å²) in [6.45, 7) is 0.946. The zero-order valence-electron chi connectivity index (χ0n) is 15.6. The van der Waals surface area contributed by atoms with Gasteiger partial charge in [0.1, 0.15) is 5.75 Å². The molecule has 2 unspecified atom stereocenters. The Morgan fingerprint density at radius 3 is 2.46 bits per heavy atom.